The minimum Gasteiger partial charge on any atom is -0.347 e. The van der Waals surface area contributed by atoms with Crippen LogP contribution in [0.15, 0.2) is 22.7 Å². The van der Waals surface area contributed by atoms with E-state index in [4.69, 9.17) is 11.6 Å². The van der Waals surface area contributed by atoms with Gasteiger partial charge in [0, 0.05) is 10.0 Å². The quantitative estimate of drug-likeness (QED) is 0.891. The van der Waals surface area contributed by atoms with Crippen molar-refractivity contribution in [3.8, 4) is 0 Å². The Balaban J connectivity index is 2.17. The molecule has 4 heteroatoms. The molecule has 1 amide bonds. The van der Waals surface area contributed by atoms with Gasteiger partial charge in [-0.05, 0) is 43.9 Å². The molecule has 0 aromatic heterocycles. The fraction of sp³-hybridized carbons (Fsp3) is 0.462. The number of nitrogens with one attached hydrogen (secondary N) is 1. The number of amides is 1. The molecule has 17 heavy (non-hydrogen) atoms. The maximum absolute atomic E-state index is 12.2. The van der Waals surface area contributed by atoms with Crippen LogP contribution in [0.5, 0.6) is 0 Å². The van der Waals surface area contributed by atoms with Crippen molar-refractivity contribution in [1.82, 2.24) is 5.32 Å². The van der Waals surface area contributed by atoms with E-state index in [0.717, 1.165) is 23.7 Å². The molecule has 0 spiro atoms. The molecule has 0 atom stereocenters. The lowest BCUT2D eigenvalue weighted by molar-refractivity contribution is 0.0820. The third-order valence-electron chi connectivity index (χ3n) is 3.54. The van der Waals surface area contributed by atoms with Gasteiger partial charge < -0.3 is 5.32 Å². The summed E-state index contributed by atoms with van der Waals surface area (Å²) in [5.74, 6) is -0.0714. The lowest BCUT2D eigenvalue weighted by Gasteiger charge is -2.42. The van der Waals surface area contributed by atoms with E-state index in [1.54, 1.807) is 12.1 Å². The zero-order valence-corrected chi connectivity index (χ0v) is 12.1. The molecule has 1 fully saturated rings. The van der Waals surface area contributed by atoms with E-state index in [1.807, 2.05) is 6.07 Å². The summed E-state index contributed by atoms with van der Waals surface area (Å²) in [4.78, 5) is 12.2. The Hall–Kier alpha value is -0.540. The van der Waals surface area contributed by atoms with E-state index in [1.165, 1.54) is 6.42 Å². The van der Waals surface area contributed by atoms with Crippen molar-refractivity contribution in [2.24, 2.45) is 0 Å². The standard InChI is InChI=1S/C13H15BrClNO/c1-2-13(6-3-7-13)16-12(17)10-8-9(14)4-5-11(10)15/h4-5,8H,2-3,6-7H2,1H3,(H,16,17). The maximum Gasteiger partial charge on any atom is 0.253 e. The Kier molecular flexibility index (Phi) is 3.79. The van der Waals surface area contributed by atoms with E-state index in [0.29, 0.717) is 10.6 Å². The van der Waals surface area contributed by atoms with Gasteiger partial charge in [0.05, 0.1) is 10.6 Å². The first kappa shape index (κ1) is 12.9. The Morgan fingerprint density at radius 1 is 1.53 bits per heavy atom. The molecule has 1 aromatic carbocycles. The summed E-state index contributed by atoms with van der Waals surface area (Å²) in [6.07, 6.45) is 4.31. The zero-order chi connectivity index (χ0) is 12.5. The van der Waals surface area contributed by atoms with Gasteiger partial charge in [0.25, 0.3) is 5.91 Å². The van der Waals surface area contributed by atoms with Crippen LogP contribution in [0.3, 0.4) is 0 Å². The summed E-state index contributed by atoms with van der Waals surface area (Å²) < 4.78 is 0.867. The maximum atomic E-state index is 12.2. The molecular weight excluding hydrogens is 302 g/mol. The van der Waals surface area contributed by atoms with Gasteiger partial charge in [0.15, 0.2) is 0 Å². The number of hydrogen-bond acceptors (Lipinski definition) is 1. The van der Waals surface area contributed by atoms with Crippen molar-refractivity contribution in [1.29, 1.82) is 0 Å². The van der Waals surface area contributed by atoms with E-state index in [2.05, 4.69) is 28.2 Å². The fourth-order valence-electron chi connectivity index (χ4n) is 2.15. The van der Waals surface area contributed by atoms with Gasteiger partial charge in [0.2, 0.25) is 0 Å². The molecule has 1 aromatic rings. The lowest BCUT2D eigenvalue weighted by Crippen LogP contribution is -2.53. The van der Waals surface area contributed by atoms with Crippen LogP contribution >= 0.6 is 27.5 Å². The molecule has 0 saturated heterocycles. The topological polar surface area (TPSA) is 29.1 Å². The average molecular weight is 317 g/mol. The van der Waals surface area contributed by atoms with Gasteiger partial charge >= 0.3 is 0 Å². The number of hydrogen-bond donors (Lipinski definition) is 1. The zero-order valence-electron chi connectivity index (χ0n) is 9.72. The molecule has 0 radical (unpaired) electrons. The van der Waals surface area contributed by atoms with E-state index < -0.39 is 0 Å². The Labute approximate surface area is 115 Å². The summed E-state index contributed by atoms with van der Waals surface area (Å²) in [5, 5.41) is 3.62. The van der Waals surface area contributed by atoms with Crippen molar-refractivity contribution >= 4 is 33.4 Å². The molecule has 92 valence electrons. The van der Waals surface area contributed by atoms with Crippen LogP contribution in [-0.4, -0.2) is 11.4 Å². The van der Waals surface area contributed by atoms with Crippen LogP contribution in [0.4, 0.5) is 0 Å². The summed E-state index contributed by atoms with van der Waals surface area (Å²) in [7, 11) is 0. The molecule has 0 aliphatic heterocycles. The highest BCUT2D eigenvalue weighted by Crippen LogP contribution is 2.35. The number of carbonyl (C=O) groups is 1. The summed E-state index contributed by atoms with van der Waals surface area (Å²) >= 11 is 9.40. The molecule has 0 bridgehead atoms. The molecule has 1 aliphatic carbocycles. The summed E-state index contributed by atoms with van der Waals surface area (Å²) in [6, 6.07) is 5.33. The van der Waals surface area contributed by atoms with Gasteiger partial charge in [-0.25, -0.2) is 0 Å². The van der Waals surface area contributed by atoms with Gasteiger partial charge in [-0.15, -0.1) is 0 Å². The molecule has 2 nitrogen and oxygen atoms in total. The van der Waals surface area contributed by atoms with Crippen molar-refractivity contribution < 1.29 is 4.79 Å². The predicted molar refractivity (Wildman–Crippen MR) is 73.5 cm³/mol. The monoisotopic (exact) mass is 315 g/mol. The number of rotatable bonds is 3. The smallest absolute Gasteiger partial charge is 0.253 e. The predicted octanol–water partition coefficient (Wildman–Crippen LogP) is 4.17. The van der Waals surface area contributed by atoms with Crippen molar-refractivity contribution in [2.75, 3.05) is 0 Å². The Bertz CT molecular complexity index is 438. The highest BCUT2D eigenvalue weighted by molar-refractivity contribution is 9.10. The third-order valence-corrected chi connectivity index (χ3v) is 4.36. The molecule has 0 unspecified atom stereocenters. The van der Waals surface area contributed by atoms with E-state index in [9.17, 15) is 4.79 Å². The highest BCUT2D eigenvalue weighted by atomic mass is 79.9. The Morgan fingerprint density at radius 3 is 2.76 bits per heavy atom. The van der Waals surface area contributed by atoms with Gasteiger partial charge in [-0.1, -0.05) is 34.5 Å². The second-order valence-corrected chi connectivity index (χ2v) is 5.89. The van der Waals surface area contributed by atoms with Crippen LogP contribution in [-0.2, 0) is 0 Å². The van der Waals surface area contributed by atoms with Gasteiger partial charge in [-0.3, -0.25) is 4.79 Å². The molecule has 1 saturated carbocycles. The first-order valence-electron chi connectivity index (χ1n) is 5.84. The average Bonchev–Trinajstić information content (AvgIpc) is 2.26. The van der Waals surface area contributed by atoms with Crippen LogP contribution in [0.2, 0.25) is 5.02 Å². The minimum atomic E-state index is -0.0714. The first-order chi connectivity index (χ1) is 8.06. The Morgan fingerprint density at radius 2 is 2.24 bits per heavy atom. The van der Waals surface area contributed by atoms with Crippen molar-refractivity contribution in [3.05, 3.63) is 33.3 Å². The normalized spacial score (nSPS) is 17.4. The van der Waals surface area contributed by atoms with E-state index in [-0.39, 0.29) is 11.4 Å². The molecule has 1 aliphatic rings. The SMILES string of the molecule is CCC1(NC(=O)c2cc(Br)ccc2Cl)CCC1. The molecule has 2 rings (SSSR count). The van der Waals surface area contributed by atoms with Crippen LogP contribution in [0.25, 0.3) is 0 Å². The summed E-state index contributed by atoms with van der Waals surface area (Å²) in [6.45, 7) is 2.11. The fourth-order valence-corrected chi connectivity index (χ4v) is 2.71. The van der Waals surface area contributed by atoms with Crippen molar-refractivity contribution in [2.45, 2.75) is 38.1 Å². The van der Waals surface area contributed by atoms with Crippen LogP contribution < -0.4 is 5.32 Å². The van der Waals surface area contributed by atoms with Crippen molar-refractivity contribution in [3.63, 3.8) is 0 Å². The molecular formula is C13H15BrClNO. The van der Waals surface area contributed by atoms with Gasteiger partial charge in [0.1, 0.15) is 0 Å². The van der Waals surface area contributed by atoms with Gasteiger partial charge in [-0.2, -0.15) is 0 Å². The van der Waals surface area contributed by atoms with E-state index >= 15 is 0 Å². The lowest BCUT2D eigenvalue weighted by atomic mass is 9.74. The van der Waals surface area contributed by atoms with Crippen LogP contribution in [0, 0.1) is 0 Å². The highest BCUT2D eigenvalue weighted by Gasteiger charge is 2.36. The second-order valence-electron chi connectivity index (χ2n) is 4.57. The second kappa shape index (κ2) is 4.99. The first-order valence-corrected chi connectivity index (χ1v) is 7.01. The number of halogens is 2. The number of carbonyl (C=O) groups excluding carboxylic acids is 1. The third kappa shape index (κ3) is 2.66. The number of benzene rings is 1. The van der Waals surface area contributed by atoms with Crippen LogP contribution in [0.1, 0.15) is 43.0 Å². The minimum absolute atomic E-state index is 0.00271. The molecule has 1 N–H and O–H groups in total. The summed E-state index contributed by atoms with van der Waals surface area (Å²) in [5.41, 5.74) is 0.545. The molecule has 0 heterocycles. The largest absolute Gasteiger partial charge is 0.347 e.